The molecule has 0 aromatic rings. The van der Waals surface area contributed by atoms with Crippen molar-refractivity contribution in [2.24, 2.45) is 5.73 Å². The molecule has 1 fully saturated rings. The van der Waals surface area contributed by atoms with Gasteiger partial charge in [-0.3, -0.25) is 33.7 Å². The summed E-state index contributed by atoms with van der Waals surface area (Å²) in [4.78, 5) is 72.0. The summed E-state index contributed by atoms with van der Waals surface area (Å²) >= 11 is 1.25. The highest BCUT2D eigenvalue weighted by Gasteiger charge is 2.39. The van der Waals surface area contributed by atoms with Gasteiger partial charge in [-0.25, -0.2) is 0 Å². The molecule has 0 aliphatic carbocycles. The first-order valence-electron chi connectivity index (χ1n) is 22.5. The minimum absolute atomic E-state index is 0.0526. The lowest BCUT2D eigenvalue weighted by molar-refractivity contribution is -0.139. The number of unbranched alkanes of at least 4 members (excludes halogenated alkanes) is 13. The number of nitrogens with two attached hydrogens (primary N) is 1. The number of likely N-dealkylation sites (N-methyl/N-ethyl adjacent to an activating group) is 1. The van der Waals surface area contributed by atoms with Crippen molar-refractivity contribution in [3.63, 3.8) is 0 Å². The maximum Gasteiger partial charge on any atom is 0.303 e. The third kappa shape index (κ3) is 33.5. The molecule has 0 saturated carbocycles. The molecule has 18 heteroatoms. The molecule has 61 heavy (non-hydrogen) atoms. The molecule has 1 aliphatic heterocycles. The number of rotatable bonds is 46. The van der Waals surface area contributed by atoms with Crippen LogP contribution < -0.4 is 16.4 Å². The number of nitrogens with one attached hydrogen (secondary N) is 2. The Balaban J connectivity index is 1.77. The molecule has 5 N–H and O–H groups in total. The van der Waals surface area contributed by atoms with E-state index in [4.69, 9.17) is 39.3 Å². The lowest BCUT2D eigenvalue weighted by atomic mass is 10.0. The predicted molar refractivity (Wildman–Crippen MR) is 233 cm³/mol. The van der Waals surface area contributed by atoms with E-state index in [2.05, 4.69) is 10.6 Å². The van der Waals surface area contributed by atoms with E-state index < -0.39 is 23.2 Å². The lowest BCUT2D eigenvalue weighted by Crippen LogP contribution is -2.42. The number of ether oxygens (including phenoxy) is 6. The molecule has 1 rings (SSSR count). The molecule has 0 aromatic carbocycles. The molecule has 354 valence electrons. The number of carbonyl (C=O) groups excluding carboxylic acids is 5. The fourth-order valence-electron chi connectivity index (χ4n) is 6.37. The monoisotopic (exact) mass is 891 g/mol. The average Bonchev–Trinajstić information content (AvgIpc) is 3.50. The highest BCUT2D eigenvalue weighted by atomic mass is 32.2. The van der Waals surface area contributed by atoms with Gasteiger partial charge in [0.1, 0.15) is 12.4 Å². The zero-order valence-corrected chi connectivity index (χ0v) is 37.8. The number of imide groups is 1. The van der Waals surface area contributed by atoms with Crippen molar-refractivity contribution >= 4 is 47.1 Å². The third-order valence-electron chi connectivity index (χ3n) is 9.96. The summed E-state index contributed by atoms with van der Waals surface area (Å²) in [6.45, 7) is 4.47. The summed E-state index contributed by atoms with van der Waals surface area (Å²) in [7, 11) is 1.62. The molecule has 1 saturated heterocycles. The number of amides is 4. The van der Waals surface area contributed by atoms with Gasteiger partial charge in [-0.15, -0.1) is 11.8 Å². The van der Waals surface area contributed by atoms with E-state index in [1.807, 2.05) is 0 Å². The number of carbonyl (C=O) groups is 6. The number of hydrogen-bond acceptors (Lipinski definition) is 14. The molecular weight excluding hydrogens is 813 g/mol. The fourth-order valence-corrected chi connectivity index (χ4v) is 7.65. The highest BCUT2D eigenvalue weighted by molar-refractivity contribution is 8.00. The Morgan fingerprint density at radius 1 is 0.656 bits per heavy atom. The fraction of sp³-hybridized carbons (Fsp3) is 0.860. The Kier molecular flexibility index (Phi) is 37.0. The van der Waals surface area contributed by atoms with Crippen LogP contribution in [-0.4, -0.2) is 162 Å². The van der Waals surface area contributed by atoms with E-state index in [9.17, 15) is 28.8 Å². The summed E-state index contributed by atoms with van der Waals surface area (Å²) in [6.07, 6.45) is 18.4. The number of ketones is 1. The van der Waals surface area contributed by atoms with Crippen molar-refractivity contribution in [1.29, 1.82) is 0 Å². The number of carboxylic acids is 1. The molecule has 2 atom stereocenters. The number of aliphatic carboxylic acids is 1. The number of nitrogens with zero attached hydrogens (tertiary/aromatic N) is 1. The van der Waals surface area contributed by atoms with Crippen LogP contribution in [0.2, 0.25) is 0 Å². The van der Waals surface area contributed by atoms with Gasteiger partial charge in [-0.1, -0.05) is 77.0 Å². The molecule has 0 spiro atoms. The van der Waals surface area contributed by atoms with Gasteiger partial charge in [0.25, 0.3) is 0 Å². The number of primary amides is 1. The van der Waals surface area contributed by atoms with Gasteiger partial charge in [0.15, 0.2) is 0 Å². The predicted octanol–water partition coefficient (Wildman–Crippen LogP) is 3.81. The summed E-state index contributed by atoms with van der Waals surface area (Å²) < 4.78 is 32.7. The van der Waals surface area contributed by atoms with Crippen LogP contribution in [0.5, 0.6) is 0 Å². The van der Waals surface area contributed by atoms with Gasteiger partial charge in [0.2, 0.25) is 23.6 Å². The average molecular weight is 891 g/mol. The molecule has 17 nitrogen and oxygen atoms in total. The van der Waals surface area contributed by atoms with Crippen LogP contribution in [0.25, 0.3) is 0 Å². The van der Waals surface area contributed by atoms with Crippen LogP contribution in [0, 0.1) is 0 Å². The van der Waals surface area contributed by atoms with E-state index in [1.54, 1.807) is 7.05 Å². The lowest BCUT2D eigenvalue weighted by Gasteiger charge is -2.16. The second kappa shape index (κ2) is 40.1. The Bertz CT molecular complexity index is 1190. The van der Waals surface area contributed by atoms with Crippen LogP contribution in [0.15, 0.2) is 0 Å². The smallest absolute Gasteiger partial charge is 0.303 e. The summed E-state index contributed by atoms with van der Waals surface area (Å²) in [5.41, 5.74) is 5.31. The number of likely N-dealkylation sites (tertiary alicyclic amines) is 1. The Labute approximate surface area is 368 Å². The standard InChI is InChI=1S/C43H78N4O13S/c1-45-37(42(44)53)35-61-38-33-40(50)47(43(38)54)21-22-55-23-24-56-25-26-57-27-28-58-29-30-59-31-32-60-34-39(49)46-20-16-18-36(48)17-14-12-10-8-6-4-2-3-5-7-9-11-13-15-19-41(51)52/h37-38,45H,2-35H2,1H3,(H2,44,53)(H,46,49)(H,51,52). The molecular formula is C43H78N4O13S. The zero-order chi connectivity index (χ0) is 44.6. The van der Waals surface area contributed by atoms with Gasteiger partial charge in [0.05, 0.1) is 90.5 Å². The minimum atomic E-state index is -0.694. The molecule has 0 radical (unpaired) electrons. The van der Waals surface area contributed by atoms with E-state index in [-0.39, 0.29) is 56.3 Å². The maximum atomic E-state index is 12.5. The van der Waals surface area contributed by atoms with Crippen LogP contribution in [-0.2, 0) is 57.2 Å². The largest absolute Gasteiger partial charge is 0.481 e. The molecule has 1 heterocycles. The minimum Gasteiger partial charge on any atom is -0.481 e. The van der Waals surface area contributed by atoms with Crippen LogP contribution in [0.1, 0.15) is 122 Å². The van der Waals surface area contributed by atoms with Gasteiger partial charge >= 0.3 is 5.97 Å². The van der Waals surface area contributed by atoms with Crippen molar-refractivity contribution in [1.82, 2.24) is 15.5 Å². The van der Waals surface area contributed by atoms with Gasteiger partial charge < -0.3 is 49.9 Å². The number of thioether (sulfide) groups is 1. The van der Waals surface area contributed by atoms with Crippen molar-refractivity contribution in [3.05, 3.63) is 0 Å². The van der Waals surface area contributed by atoms with Crippen LogP contribution in [0.4, 0.5) is 0 Å². The van der Waals surface area contributed by atoms with Crippen molar-refractivity contribution < 1.29 is 62.3 Å². The first-order valence-corrected chi connectivity index (χ1v) is 23.6. The zero-order valence-electron chi connectivity index (χ0n) is 37.0. The van der Waals surface area contributed by atoms with Crippen molar-refractivity contribution in [2.75, 3.05) is 105 Å². The Morgan fingerprint density at radius 2 is 1.08 bits per heavy atom. The topological polar surface area (TPSA) is 231 Å². The summed E-state index contributed by atoms with van der Waals surface area (Å²) in [5.74, 6) is -1.37. The normalized spacial score (nSPS) is 14.5. The second-order valence-electron chi connectivity index (χ2n) is 15.1. The molecule has 0 aromatic heterocycles. The number of Topliss-reactive ketones (excluding diaryl/α,β-unsaturated/α-hetero) is 1. The van der Waals surface area contributed by atoms with E-state index in [0.29, 0.717) is 97.4 Å². The maximum absolute atomic E-state index is 12.5. The van der Waals surface area contributed by atoms with Crippen molar-refractivity contribution in [3.8, 4) is 0 Å². The SMILES string of the molecule is CNC(CSC1CC(=O)N(CCOCCOCCOCCOCCOCCOCC(=O)NCCCC(=O)CCCCCCCCCCCCCCCCC(=O)O)C1=O)C(N)=O. The third-order valence-corrected chi connectivity index (χ3v) is 11.3. The van der Waals surface area contributed by atoms with E-state index in [1.165, 1.54) is 74.4 Å². The summed E-state index contributed by atoms with van der Waals surface area (Å²) in [6, 6.07) is -0.563. The highest BCUT2D eigenvalue weighted by Crippen LogP contribution is 2.25. The first kappa shape index (κ1) is 56.3. The number of carboxylic acid groups (broad SMARTS) is 1. The quantitative estimate of drug-likeness (QED) is 0.0503. The summed E-state index contributed by atoms with van der Waals surface area (Å²) in [5, 5.41) is 13.7. The number of hydrogen-bond donors (Lipinski definition) is 4. The Hall–Kier alpha value is -2.71. The van der Waals surface area contributed by atoms with E-state index >= 15 is 0 Å². The molecule has 0 bridgehead atoms. The van der Waals surface area contributed by atoms with Crippen LogP contribution in [0.3, 0.4) is 0 Å². The van der Waals surface area contributed by atoms with Crippen molar-refractivity contribution in [2.45, 2.75) is 133 Å². The molecule has 2 unspecified atom stereocenters. The Morgan fingerprint density at radius 3 is 1.54 bits per heavy atom. The molecule has 4 amide bonds. The first-order chi connectivity index (χ1) is 29.6. The molecule has 1 aliphatic rings. The second-order valence-corrected chi connectivity index (χ2v) is 16.3. The van der Waals surface area contributed by atoms with Crippen LogP contribution >= 0.6 is 11.8 Å². The van der Waals surface area contributed by atoms with E-state index in [0.717, 1.165) is 32.1 Å². The van der Waals surface area contributed by atoms with Gasteiger partial charge in [0, 0.05) is 38.0 Å². The van der Waals surface area contributed by atoms with Gasteiger partial charge in [-0.2, -0.15) is 0 Å². The van der Waals surface area contributed by atoms with Gasteiger partial charge in [-0.05, 0) is 26.3 Å².